The molecule has 7 heteroatoms. The van der Waals surface area contributed by atoms with E-state index in [1.54, 1.807) is 18.2 Å². The Balaban J connectivity index is 2.71. The van der Waals surface area contributed by atoms with Gasteiger partial charge in [-0.3, -0.25) is 14.9 Å². The van der Waals surface area contributed by atoms with Crippen molar-refractivity contribution in [1.29, 1.82) is 0 Å². The Morgan fingerprint density at radius 3 is 2.63 bits per heavy atom. The molecule has 0 saturated carbocycles. The zero-order valence-corrected chi connectivity index (χ0v) is 12.0. The van der Waals surface area contributed by atoms with Gasteiger partial charge in [-0.15, -0.1) is 0 Å². The van der Waals surface area contributed by atoms with E-state index in [0.717, 1.165) is 0 Å². The molecule has 19 heavy (non-hydrogen) atoms. The molecule has 0 saturated heterocycles. The summed E-state index contributed by atoms with van der Waals surface area (Å²) in [4.78, 5) is 33.2. The van der Waals surface area contributed by atoms with Crippen LogP contribution in [0, 0.1) is 0 Å². The lowest BCUT2D eigenvalue weighted by Gasteiger charge is -2.15. The van der Waals surface area contributed by atoms with Crippen molar-refractivity contribution in [1.82, 2.24) is 10.6 Å². The topological polar surface area (TPSA) is 84.5 Å². The average Bonchev–Trinajstić information content (AvgIpc) is 2.40. The normalized spacial score (nSPS) is 11.3. The summed E-state index contributed by atoms with van der Waals surface area (Å²) in [7, 11) is 1.41. The number of ether oxygens (including phenoxy) is 1. The molecule has 2 N–H and O–H groups in total. The second-order valence-corrected chi connectivity index (χ2v) is 4.49. The zero-order valence-electron chi connectivity index (χ0n) is 10.4. The molecule has 0 aliphatic rings. The second kappa shape index (κ2) is 6.89. The lowest BCUT2D eigenvalue weighted by Crippen LogP contribution is -2.44. The number of aldehydes is 1. The predicted molar refractivity (Wildman–Crippen MR) is 72.2 cm³/mol. The van der Waals surface area contributed by atoms with Crippen LogP contribution >= 0.6 is 15.9 Å². The third kappa shape index (κ3) is 4.36. The van der Waals surface area contributed by atoms with E-state index >= 15 is 0 Å². The van der Waals surface area contributed by atoms with Gasteiger partial charge in [-0.25, -0.2) is 4.79 Å². The summed E-state index contributed by atoms with van der Waals surface area (Å²) >= 11 is 3.24. The molecular weight excluding hydrogens is 316 g/mol. The van der Waals surface area contributed by atoms with Gasteiger partial charge in [-0.2, -0.15) is 0 Å². The van der Waals surface area contributed by atoms with Gasteiger partial charge in [0.05, 0.1) is 4.47 Å². The molecule has 0 bridgehead atoms. The molecule has 0 radical (unpaired) electrons. The number of urea groups is 1. The molecule has 1 aromatic carbocycles. The first kappa shape index (κ1) is 15.2. The third-order valence-corrected chi connectivity index (χ3v) is 2.85. The summed E-state index contributed by atoms with van der Waals surface area (Å²) in [5, 5.41) is 4.37. The number of hydrogen-bond donors (Lipinski definition) is 2. The minimum Gasteiger partial charge on any atom is -0.480 e. The Kier molecular flexibility index (Phi) is 5.50. The molecule has 1 rings (SSSR count). The van der Waals surface area contributed by atoms with Crippen LogP contribution in [0.25, 0.3) is 0 Å². The van der Waals surface area contributed by atoms with E-state index in [0.29, 0.717) is 22.1 Å². The Hall–Kier alpha value is -1.89. The van der Waals surface area contributed by atoms with Crippen LogP contribution in [0.15, 0.2) is 22.7 Å². The number of hydrogen-bond acceptors (Lipinski definition) is 4. The molecule has 0 aromatic heterocycles. The van der Waals surface area contributed by atoms with E-state index in [2.05, 4.69) is 26.6 Å². The van der Waals surface area contributed by atoms with Crippen LogP contribution in [-0.2, 0) is 4.79 Å². The van der Waals surface area contributed by atoms with Gasteiger partial charge < -0.3 is 10.1 Å². The maximum absolute atomic E-state index is 11.6. The Labute approximate surface area is 118 Å². The van der Waals surface area contributed by atoms with Crippen LogP contribution in [0.4, 0.5) is 4.79 Å². The first-order valence-corrected chi connectivity index (χ1v) is 6.21. The average molecular weight is 329 g/mol. The highest BCUT2D eigenvalue weighted by Crippen LogP contribution is 2.26. The smallest absolute Gasteiger partial charge is 0.321 e. The number of amides is 3. The minimum atomic E-state index is -0.851. The van der Waals surface area contributed by atoms with E-state index < -0.39 is 18.0 Å². The molecule has 1 atom stereocenters. The van der Waals surface area contributed by atoms with E-state index in [1.807, 2.05) is 0 Å². The molecule has 0 unspecified atom stereocenters. The molecule has 0 spiro atoms. The monoisotopic (exact) mass is 328 g/mol. The van der Waals surface area contributed by atoms with E-state index in [-0.39, 0.29) is 0 Å². The second-order valence-electron chi connectivity index (χ2n) is 3.64. The third-order valence-electron chi connectivity index (χ3n) is 2.23. The van der Waals surface area contributed by atoms with Crippen LogP contribution < -0.4 is 15.4 Å². The lowest BCUT2D eigenvalue weighted by atomic mass is 10.2. The zero-order chi connectivity index (χ0) is 14.4. The number of rotatable bonds is 4. The largest absolute Gasteiger partial charge is 0.480 e. The molecule has 1 aromatic rings. The molecule has 102 valence electrons. The van der Waals surface area contributed by atoms with Gasteiger partial charge in [0, 0.05) is 12.6 Å². The van der Waals surface area contributed by atoms with Crippen LogP contribution in [0.5, 0.6) is 5.75 Å². The van der Waals surface area contributed by atoms with Gasteiger partial charge in [0.2, 0.25) is 0 Å². The fourth-order valence-electron chi connectivity index (χ4n) is 1.21. The fourth-order valence-corrected chi connectivity index (χ4v) is 1.70. The molecule has 0 heterocycles. The summed E-state index contributed by atoms with van der Waals surface area (Å²) in [5.74, 6) is -0.157. The number of nitrogens with one attached hydrogen (secondary N) is 2. The van der Waals surface area contributed by atoms with E-state index in [4.69, 9.17) is 4.74 Å². The molecule has 6 nitrogen and oxygen atoms in total. The predicted octanol–water partition coefficient (Wildman–Crippen LogP) is 1.48. The van der Waals surface area contributed by atoms with Crippen LogP contribution in [0.2, 0.25) is 0 Å². The number of imide groups is 1. The van der Waals surface area contributed by atoms with Gasteiger partial charge >= 0.3 is 6.03 Å². The first-order chi connectivity index (χ1) is 8.97. The highest BCUT2D eigenvalue weighted by Gasteiger charge is 2.17. The Bertz CT molecular complexity index is 505. The van der Waals surface area contributed by atoms with Crippen molar-refractivity contribution in [2.45, 2.75) is 13.0 Å². The Morgan fingerprint density at radius 2 is 2.11 bits per heavy atom. The summed E-state index contributed by atoms with van der Waals surface area (Å²) in [6.45, 7) is 1.51. The van der Waals surface area contributed by atoms with Crippen molar-refractivity contribution in [2.24, 2.45) is 0 Å². The van der Waals surface area contributed by atoms with Crippen molar-refractivity contribution in [3.05, 3.63) is 28.2 Å². The molecular formula is C12H13BrN2O4. The molecule has 3 amide bonds. The van der Waals surface area contributed by atoms with Crippen molar-refractivity contribution < 1.29 is 19.1 Å². The number of benzene rings is 1. The standard InChI is InChI=1S/C12H13BrN2O4/c1-7(11(17)15-12(18)14-2)19-10-4-3-8(6-16)5-9(10)13/h3-7H,1-2H3,(H2,14,15,17,18)/t7-/m0/s1. The van der Waals surface area contributed by atoms with E-state index in [9.17, 15) is 14.4 Å². The number of carbonyl (C=O) groups is 3. The maximum atomic E-state index is 11.6. The van der Waals surface area contributed by atoms with Crippen molar-refractivity contribution in [2.75, 3.05) is 7.05 Å². The van der Waals surface area contributed by atoms with Gasteiger partial charge in [0.15, 0.2) is 6.10 Å². The quantitative estimate of drug-likeness (QED) is 0.820. The van der Waals surface area contributed by atoms with Crippen molar-refractivity contribution >= 4 is 34.2 Å². The molecule has 0 aliphatic carbocycles. The van der Waals surface area contributed by atoms with Crippen LogP contribution in [-0.4, -0.2) is 31.4 Å². The first-order valence-electron chi connectivity index (χ1n) is 5.42. The minimum absolute atomic E-state index is 0.408. The van der Waals surface area contributed by atoms with Gasteiger partial charge in [0.1, 0.15) is 12.0 Å². The summed E-state index contributed by atoms with van der Waals surface area (Å²) in [5.41, 5.74) is 0.488. The number of halogens is 1. The highest BCUT2D eigenvalue weighted by atomic mass is 79.9. The van der Waals surface area contributed by atoms with Crippen molar-refractivity contribution in [3.8, 4) is 5.75 Å². The number of carbonyl (C=O) groups excluding carboxylic acids is 3. The maximum Gasteiger partial charge on any atom is 0.321 e. The summed E-state index contributed by atoms with van der Waals surface area (Å²) in [6.07, 6.45) is -0.147. The SMILES string of the molecule is CNC(=O)NC(=O)[C@H](C)Oc1ccc(C=O)cc1Br. The van der Waals surface area contributed by atoms with Gasteiger partial charge in [0.25, 0.3) is 5.91 Å². The van der Waals surface area contributed by atoms with Crippen LogP contribution in [0.1, 0.15) is 17.3 Å². The summed E-state index contributed by atoms with van der Waals surface area (Å²) < 4.78 is 5.95. The van der Waals surface area contributed by atoms with Crippen LogP contribution in [0.3, 0.4) is 0 Å². The van der Waals surface area contributed by atoms with Crippen molar-refractivity contribution in [3.63, 3.8) is 0 Å². The molecule has 0 fully saturated rings. The molecule has 0 aliphatic heterocycles. The highest BCUT2D eigenvalue weighted by molar-refractivity contribution is 9.10. The Morgan fingerprint density at radius 1 is 1.42 bits per heavy atom. The van der Waals surface area contributed by atoms with Gasteiger partial charge in [-0.1, -0.05) is 0 Å². The van der Waals surface area contributed by atoms with E-state index in [1.165, 1.54) is 14.0 Å². The lowest BCUT2D eigenvalue weighted by molar-refractivity contribution is -0.126. The summed E-state index contributed by atoms with van der Waals surface area (Å²) in [6, 6.07) is 4.11. The fraction of sp³-hybridized carbons (Fsp3) is 0.250. The van der Waals surface area contributed by atoms with Gasteiger partial charge in [-0.05, 0) is 41.1 Å².